The molecule has 1 amide bonds. The Morgan fingerprint density at radius 1 is 1.23 bits per heavy atom. The predicted molar refractivity (Wildman–Crippen MR) is 91.5 cm³/mol. The van der Waals surface area contributed by atoms with Crippen LogP contribution in [-0.4, -0.2) is 28.9 Å². The first kappa shape index (κ1) is 15.0. The van der Waals surface area contributed by atoms with Gasteiger partial charge in [-0.2, -0.15) is 0 Å². The molecular formula is C17H18BrN3O. The zero-order chi connectivity index (χ0) is 15.5. The summed E-state index contributed by atoms with van der Waals surface area (Å²) in [6, 6.07) is 9.77. The second-order valence-electron chi connectivity index (χ2n) is 5.54. The lowest BCUT2D eigenvalue weighted by atomic mass is 10.2. The van der Waals surface area contributed by atoms with E-state index in [9.17, 15) is 4.79 Å². The molecule has 0 bridgehead atoms. The lowest BCUT2D eigenvalue weighted by Crippen LogP contribution is -2.27. The quantitative estimate of drug-likeness (QED) is 0.895. The van der Waals surface area contributed by atoms with E-state index < -0.39 is 0 Å². The van der Waals surface area contributed by atoms with Crippen LogP contribution >= 0.6 is 15.9 Å². The van der Waals surface area contributed by atoms with E-state index in [1.807, 2.05) is 42.2 Å². The Morgan fingerprint density at radius 2 is 2.00 bits per heavy atom. The lowest BCUT2D eigenvalue weighted by Gasteiger charge is -2.15. The Morgan fingerprint density at radius 3 is 2.64 bits per heavy atom. The van der Waals surface area contributed by atoms with Gasteiger partial charge in [-0.3, -0.25) is 4.79 Å². The summed E-state index contributed by atoms with van der Waals surface area (Å²) in [5, 5.41) is 3.25. The Balaban J connectivity index is 1.72. The molecule has 0 spiro atoms. The molecule has 1 aromatic carbocycles. The summed E-state index contributed by atoms with van der Waals surface area (Å²) in [7, 11) is 0. The molecule has 0 atom stereocenters. The minimum absolute atomic E-state index is 0.0769. The van der Waals surface area contributed by atoms with E-state index in [1.54, 1.807) is 6.20 Å². The highest BCUT2D eigenvalue weighted by atomic mass is 79.9. The smallest absolute Gasteiger partial charge is 0.255 e. The number of likely N-dealkylation sites (tertiary alicyclic amines) is 1. The van der Waals surface area contributed by atoms with Crippen LogP contribution in [-0.2, 0) is 0 Å². The summed E-state index contributed by atoms with van der Waals surface area (Å²) in [5.74, 6) is 0.801. The molecular weight excluding hydrogens is 342 g/mol. The van der Waals surface area contributed by atoms with Crippen molar-refractivity contribution in [3.05, 3.63) is 52.1 Å². The zero-order valence-corrected chi connectivity index (χ0v) is 14.1. The molecule has 1 aliphatic heterocycles. The highest BCUT2D eigenvalue weighted by Gasteiger charge is 2.19. The maximum Gasteiger partial charge on any atom is 0.255 e. The summed E-state index contributed by atoms with van der Waals surface area (Å²) < 4.78 is 0.992. The van der Waals surface area contributed by atoms with E-state index >= 15 is 0 Å². The maximum atomic E-state index is 12.3. The Kier molecular flexibility index (Phi) is 4.43. The molecule has 22 heavy (non-hydrogen) atoms. The van der Waals surface area contributed by atoms with Crippen LogP contribution in [0.1, 0.15) is 28.8 Å². The number of carbonyl (C=O) groups excluding carboxylic acids is 1. The fraction of sp³-hybridized carbons (Fsp3) is 0.294. The summed E-state index contributed by atoms with van der Waals surface area (Å²) in [5.41, 5.74) is 2.80. The highest BCUT2D eigenvalue weighted by Crippen LogP contribution is 2.26. The SMILES string of the molecule is Cc1ccc(Nc2ccc(C(=O)N3CCCC3)cn2)c(Br)c1. The number of aryl methyl sites for hydroxylation is 1. The topological polar surface area (TPSA) is 45.2 Å². The number of nitrogens with one attached hydrogen (secondary N) is 1. The largest absolute Gasteiger partial charge is 0.339 e. The molecule has 1 saturated heterocycles. The number of hydrogen-bond acceptors (Lipinski definition) is 3. The Labute approximate surface area is 138 Å². The molecule has 1 aliphatic rings. The maximum absolute atomic E-state index is 12.3. The van der Waals surface area contributed by atoms with Crippen LogP contribution in [0, 0.1) is 6.92 Å². The summed E-state index contributed by atoms with van der Waals surface area (Å²) in [4.78, 5) is 18.5. The van der Waals surface area contributed by atoms with Gasteiger partial charge in [-0.1, -0.05) is 6.07 Å². The summed E-state index contributed by atoms with van der Waals surface area (Å²) in [6.45, 7) is 3.76. The fourth-order valence-electron chi connectivity index (χ4n) is 2.56. The monoisotopic (exact) mass is 359 g/mol. The molecule has 0 saturated carbocycles. The number of hydrogen-bond donors (Lipinski definition) is 1. The van der Waals surface area contributed by atoms with Crippen LogP contribution in [0.5, 0.6) is 0 Å². The van der Waals surface area contributed by atoms with Gasteiger partial charge in [0.2, 0.25) is 0 Å². The molecule has 0 aliphatic carbocycles. The van der Waals surface area contributed by atoms with Gasteiger partial charge in [0.15, 0.2) is 0 Å². The molecule has 2 aromatic rings. The first-order valence-electron chi connectivity index (χ1n) is 7.42. The predicted octanol–water partition coefficient (Wildman–Crippen LogP) is 4.13. The molecule has 114 valence electrons. The normalized spacial score (nSPS) is 14.2. The average Bonchev–Trinajstić information content (AvgIpc) is 3.04. The standard InChI is InChI=1S/C17H18BrN3O/c1-12-4-6-15(14(18)10-12)20-16-7-5-13(11-19-16)17(22)21-8-2-3-9-21/h4-7,10-11H,2-3,8-9H2,1H3,(H,19,20). The first-order chi connectivity index (χ1) is 10.6. The zero-order valence-electron chi connectivity index (χ0n) is 12.5. The number of anilines is 2. The number of pyridine rings is 1. The molecule has 2 heterocycles. The Bertz CT molecular complexity index is 679. The first-order valence-corrected chi connectivity index (χ1v) is 8.21. The minimum atomic E-state index is 0.0769. The number of carbonyl (C=O) groups is 1. The lowest BCUT2D eigenvalue weighted by molar-refractivity contribution is 0.0792. The van der Waals surface area contributed by atoms with Crippen molar-refractivity contribution in [1.29, 1.82) is 0 Å². The van der Waals surface area contributed by atoms with E-state index in [4.69, 9.17) is 0 Å². The third-order valence-corrected chi connectivity index (χ3v) is 4.45. The van der Waals surface area contributed by atoms with Crippen LogP contribution in [0.25, 0.3) is 0 Å². The number of rotatable bonds is 3. The van der Waals surface area contributed by atoms with Gasteiger partial charge in [0.05, 0.1) is 11.3 Å². The van der Waals surface area contributed by atoms with Crippen molar-refractivity contribution in [2.75, 3.05) is 18.4 Å². The van der Waals surface area contributed by atoms with Crippen LogP contribution in [0.4, 0.5) is 11.5 Å². The van der Waals surface area contributed by atoms with Gasteiger partial charge in [-0.15, -0.1) is 0 Å². The number of aromatic nitrogens is 1. The van der Waals surface area contributed by atoms with Gasteiger partial charge in [0.25, 0.3) is 5.91 Å². The van der Waals surface area contributed by atoms with Gasteiger partial charge in [0, 0.05) is 23.8 Å². The van der Waals surface area contributed by atoms with E-state index in [-0.39, 0.29) is 5.91 Å². The van der Waals surface area contributed by atoms with E-state index in [0.29, 0.717) is 5.56 Å². The van der Waals surface area contributed by atoms with E-state index in [1.165, 1.54) is 5.56 Å². The van der Waals surface area contributed by atoms with E-state index in [2.05, 4.69) is 26.2 Å². The number of amides is 1. The molecule has 3 rings (SSSR count). The van der Waals surface area contributed by atoms with Crippen molar-refractivity contribution in [3.63, 3.8) is 0 Å². The van der Waals surface area contributed by atoms with Crippen molar-refractivity contribution in [2.45, 2.75) is 19.8 Å². The van der Waals surface area contributed by atoms with E-state index in [0.717, 1.165) is 41.9 Å². The highest BCUT2D eigenvalue weighted by molar-refractivity contribution is 9.10. The van der Waals surface area contributed by atoms with Crippen LogP contribution in [0.3, 0.4) is 0 Å². The van der Waals surface area contributed by atoms with Gasteiger partial charge in [0.1, 0.15) is 5.82 Å². The third-order valence-electron chi connectivity index (χ3n) is 3.79. The molecule has 1 fully saturated rings. The van der Waals surface area contributed by atoms with Crippen molar-refractivity contribution in [3.8, 4) is 0 Å². The molecule has 0 unspecified atom stereocenters. The molecule has 4 nitrogen and oxygen atoms in total. The molecule has 0 radical (unpaired) electrons. The summed E-state index contributed by atoms with van der Waals surface area (Å²) in [6.07, 6.45) is 3.84. The van der Waals surface area contributed by atoms with Gasteiger partial charge >= 0.3 is 0 Å². The van der Waals surface area contributed by atoms with Crippen molar-refractivity contribution in [1.82, 2.24) is 9.88 Å². The minimum Gasteiger partial charge on any atom is -0.339 e. The van der Waals surface area contributed by atoms with Crippen LogP contribution < -0.4 is 5.32 Å². The van der Waals surface area contributed by atoms with Gasteiger partial charge in [-0.25, -0.2) is 4.98 Å². The third kappa shape index (κ3) is 3.30. The van der Waals surface area contributed by atoms with Crippen molar-refractivity contribution < 1.29 is 4.79 Å². The van der Waals surface area contributed by atoms with Crippen LogP contribution in [0.15, 0.2) is 41.0 Å². The number of halogens is 1. The van der Waals surface area contributed by atoms with Crippen molar-refractivity contribution in [2.24, 2.45) is 0 Å². The molecule has 1 aromatic heterocycles. The van der Waals surface area contributed by atoms with Gasteiger partial charge < -0.3 is 10.2 Å². The Hall–Kier alpha value is -1.88. The molecule has 1 N–H and O–H groups in total. The van der Waals surface area contributed by atoms with Gasteiger partial charge in [-0.05, 0) is 65.5 Å². The number of benzene rings is 1. The second-order valence-corrected chi connectivity index (χ2v) is 6.39. The number of nitrogens with zero attached hydrogens (tertiary/aromatic N) is 2. The molecule has 5 heteroatoms. The van der Waals surface area contributed by atoms with Crippen molar-refractivity contribution >= 4 is 33.3 Å². The average molecular weight is 360 g/mol. The second kappa shape index (κ2) is 6.48. The summed E-state index contributed by atoms with van der Waals surface area (Å²) >= 11 is 3.54. The van der Waals surface area contributed by atoms with Crippen LogP contribution in [0.2, 0.25) is 0 Å². The fourth-order valence-corrected chi connectivity index (χ4v) is 3.15.